The van der Waals surface area contributed by atoms with Crippen LogP contribution >= 0.6 is 22.9 Å². The molecule has 2 aromatic heterocycles. The Morgan fingerprint density at radius 2 is 2.29 bits per heavy atom. The Morgan fingerprint density at radius 1 is 1.59 bits per heavy atom. The average Bonchev–Trinajstić information content (AvgIpc) is 2.73. The Kier molecular flexibility index (Phi) is 3.12. The van der Waals surface area contributed by atoms with Crippen molar-refractivity contribution in [3.8, 4) is 0 Å². The van der Waals surface area contributed by atoms with Crippen LogP contribution in [0.2, 0.25) is 4.47 Å². The van der Waals surface area contributed by atoms with Gasteiger partial charge in [-0.2, -0.15) is 5.10 Å². The van der Waals surface area contributed by atoms with Crippen molar-refractivity contribution in [2.75, 3.05) is 0 Å². The number of aryl methyl sites for hydroxylation is 1. The molecule has 0 saturated carbocycles. The van der Waals surface area contributed by atoms with Gasteiger partial charge in [0.25, 0.3) is 0 Å². The molecule has 0 aliphatic rings. The molecular weight excluding hydrogens is 264 g/mol. The van der Waals surface area contributed by atoms with Gasteiger partial charge in [0.05, 0.1) is 11.5 Å². The van der Waals surface area contributed by atoms with Gasteiger partial charge in [0.15, 0.2) is 4.47 Å². The lowest BCUT2D eigenvalue weighted by Crippen LogP contribution is -2.02. The maximum Gasteiger partial charge on any atom is 0.312 e. The molecule has 6 nitrogen and oxygen atoms in total. The summed E-state index contributed by atoms with van der Waals surface area (Å²) in [5.41, 5.74) is 1.03. The van der Waals surface area contributed by atoms with Crippen molar-refractivity contribution in [1.82, 2.24) is 14.8 Å². The maximum atomic E-state index is 10.8. The highest BCUT2D eigenvalue weighted by Gasteiger charge is 2.21. The Morgan fingerprint density at radius 3 is 2.76 bits per heavy atom. The van der Waals surface area contributed by atoms with Crippen molar-refractivity contribution in [2.24, 2.45) is 0 Å². The molecule has 17 heavy (non-hydrogen) atoms. The van der Waals surface area contributed by atoms with Crippen molar-refractivity contribution in [2.45, 2.75) is 20.4 Å². The number of halogens is 1. The van der Waals surface area contributed by atoms with Crippen LogP contribution in [0.4, 0.5) is 5.69 Å². The SMILES string of the molecule is Cc1nn(Cc2cnc(Cl)s2)c(C)c1[N+](=O)[O-]. The highest BCUT2D eigenvalue weighted by Crippen LogP contribution is 2.24. The van der Waals surface area contributed by atoms with Crippen LogP contribution in [0.3, 0.4) is 0 Å². The van der Waals surface area contributed by atoms with Crippen molar-refractivity contribution >= 4 is 28.6 Å². The number of thiazole rings is 1. The first-order chi connectivity index (χ1) is 7.99. The zero-order chi connectivity index (χ0) is 12.6. The smallest absolute Gasteiger partial charge is 0.258 e. The largest absolute Gasteiger partial charge is 0.312 e. The summed E-state index contributed by atoms with van der Waals surface area (Å²) in [4.78, 5) is 15.3. The second-order valence-electron chi connectivity index (χ2n) is 3.51. The molecule has 90 valence electrons. The topological polar surface area (TPSA) is 73.8 Å². The zero-order valence-electron chi connectivity index (χ0n) is 9.18. The van der Waals surface area contributed by atoms with Gasteiger partial charge in [0.1, 0.15) is 11.4 Å². The van der Waals surface area contributed by atoms with E-state index < -0.39 is 4.92 Å². The number of aromatic nitrogens is 3. The highest BCUT2D eigenvalue weighted by atomic mass is 35.5. The summed E-state index contributed by atoms with van der Waals surface area (Å²) < 4.78 is 2.05. The number of nitro groups is 1. The van der Waals surface area contributed by atoms with Crippen LogP contribution < -0.4 is 0 Å². The predicted molar refractivity (Wildman–Crippen MR) is 64.6 cm³/mol. The van der Waals surface area contributed by atoms with Crippen molar-refractivity contribution in [3.63, 3.8) is 0 Å². The van der Waals surface area contributed by atoms with Crippen LogP contribution in [-0.2, 0) is 6.54 Å². The van der Waals surface area contributed by atoms with Crippen molar-refractivity contribution in [3.05, 3.63) is 37.0 Å². The Hall–Kier alpha value is -1.47. The molecule has 2 aromatic rings. The Labute approximate surface area is 106 Å². The summed E-state index contributed by atoms with van der Waals surface area (Å²) in [6.07, 6.45) is 1.65. The van der Waals surface area contributed by atoms with E-state index in [1.807, 2.05) is 0 Å². The van der Waals surface area contributed by atoms with E-state index in [4.69, 9.17) is 11.6 Å². The molecule has 0 atom stereocenters. The van der Waals surface area contributed by atoms with E-state index in [9.17, 15) is 10.1 Å². The molecule has 0 spiro atoms. The minimum Gasteiger partial charge on any atom is -0.258 e. The first-order valence-electron chi connectivity index (χ1n) is 4.77. The minimum absolute atomic E-state index is 0.0700. The van der Waals surface area contributed by atoms with Gasteiger partial charge in [-0.05, 0) is 13.8 Å². The summed E-state index contributed by atoms with van der Waals surface area (Å²) in [6, 6.07) is 0. The standard InChI is InChI=1S/C9H9ClN4O2S/c1-5-8(14(15)16)6(2)13(12-5)4-7-3-11-9(10)17-7/h3H,4H2,1-2H3. The molecule has 0 radical (unpaired) electrons. The van der Waals surface area contributed by atoms with E-state index in [-0.39, 0.29) is 5.69 Å². The van der Waals surface area contributed by atoms with E-state index in [1.54, 1.807) is 24.7 Å². The molecular formula is C9H9ClN4O2S. The zero-order valence-corrected chi connectivity index (χ0v) is 10.7. The molecule has 0 aromatic carbocycles. The van der Waals surface area contributed by atoms with Crippen molar-refractivity contribution in [1.29, 1.82) is 0 Å². The first-order valence-corrected chi connectivity index (χ1v) is 5.97. The molecule has 0 N–H and O–H groups in total. The van der Waals surface area contributed by atoms with E-state index >= 15 is 0 Å². The second-order valence-corrected chi connectivity index (χ2v) is 5.21. The van der Waals surface area contributed by atoms with E-state index in [0.29, 0.717) is 22.4 Å². The number of rotatable bonds is 3. The van der Waals surface area contributed by atoms with Crippen LogP contribution in [-0.4, -0.2) is 19.7 Å². The molecule has 2 heterocycles. The van der Waals surface area contributed by atoms with Gasteiger partial charge in [-0.15, -0.1) is 11.3 Å². The summed E-state index contributed by atoms with van der Waals surface area (Å²) in [5.74, 6) is 0. The fraction of sp³-hybridized carbons (Fsp3) is 0.333. The highest BCUT2D eigenvalue weighted by molar-refractivity contribution is 7.15. The summed E-state index contributed by atoms with van der Waals surface area (Å²) in [5, 5.41) is 15.0. The summed E-state index contributed by atoms with van der Waals surface area (Å²) in [7, 11) is 0. The Balaban J connectivity index is 2.34. The summed E-state index contributed by atoms with van der Waals surface area (Å²) >= 11 is 7.06. The predicted octanol–water partition coefficient (Wildman–Crippen LogP) is 2.57. The van der Waals surface area contributed by atoms with Crippen LogP contribution in [0.1, 0.15) is 16.3 Å². The van der Waals surface area contributed by atoms with Crippen LogP contribution in [0.25, 0.3) is 0 Å². The first kappa shape index (κ1) is 12.0. The van der Waals surface area contributed by atoms with Crippen LogP contribution in [0.15, 0.2) is 6.20 Å². The maximum absolute atomic E-state index is 10.8. The molecule has 0 fully saturated rings. The van der Waals surface area contributed by atoms with E-state index in [2.05, 4.69) is 10.1 Å². The lowest BCUT2D eigenvalue weighted by Gasteiger charge is -1.99. The number of hydrogen-bond donors (Lipinski definition) is 0. The molecule has 0 bridgehead atoms. The molecule has 0 saturated heterocycles. The van der Waals surface area contributed by atoms with Crippen molar-refractivity contribution < 1.29 is 4.92 Å². The third-order valence-electron chi connectivity index (χ3n) is 2.36. The molecule has 0 amide bonds. The monoisotopic (exact) mass is 272 g/mol. The Bertz CT molecular complexity index is 578. The third-order valence-corrected chi connectivity index (χ3v) is 3.46. The second kappa shape index (κ2) is 4.42. The quantitative estimate of drug-likeness (QED) is 0.636. The fourth-order valence-electron chi connectivity index (χ4n) is 1.61. The lowest BCUT2D eigenvalue weighted by molar-refractivity contribution is -0.386. The van der Waals surface area contributed by atoms with E-state index in [0.717, 1.165) is 4.88 Å². The van der Waals surface area contributed by atoms with Crippen LogP contribution in [0.5, 0.6) is 0 Å². The van der Waals surface area contributed by atoms with Gasteiger partial charge in [0, 0.05) is 11.1 Å². The van der Waals surface area contributed by atoms with Gasteiger partial charge < -0.3 is 0 Å². The fourth-order valence-corrected chi connectivity index (χ4v) is 2.57. The van der Waals surface area contributed by atoms with Gasteiger partial charge in [-0.1, -0.05) is 11.6 Å². The normalized spacial score (nSPS) is 10.8. The number of hydrogen-bond acceptors (Lipinski definition) is 5. The molecule has 0 unspecified atom stereocenters. The van der Waals surface area contributed by atoms with Gasteiger partial charge in [-0.25, -0.2) is 4.98 Å². The van der Waals surface area contributed by atoms with Gasteiger partial charge in [-0.3, -0.25) is 14.8 Å². The summed E-state index contributed by atoms with van der Waals surface area (Å²) in [6.45, 7) is 3.76. The molecule has 8 heteroatoms. The van der Waals surface area contributed by atoms with E-state index in [1.165, 1.54) is 11.3 Å². The molecule has 2 rings (SSSR count). The minimum atomic E-state index is -0.409. The van der Waals surface area contributed by atoms with Crippen LogP contribution in [0, 0.1) is 24.0 Å². The molecule has 0 aliphatic heterocycles. The lowest BCUT2D eigenvalue weighted by atomic mass is 10.3. The number of nitrogens with zero attached hydrogens (tertiary/aromatic N) is 4. The van der Waals surface area contributed by atoms with Gasteiger partial charge >= 0.3 is 5.69 Å². The van der Waals surface area contributed by atoms with Gasteiger partial charge in [0.2, 0.25) is 0 Å². The third kappa shape index (κ3) is 2.29. The average molecular weight is 273 g/mol. The molecule has 0 aliphatic carbocycles.